The number of ether oxygens (including phenoxy) is 1. The van der Waals surface area contributed by atoms with Gasteiger partial charge >= 0.3 is 5.97 Å². The molecule has 2 N–H and O–H groups in total. The van der Waals surface area contributed by atoms with E-state index < -0.39 is 11.5 Å². The van der Waals surface area contributed by atoms with E-state index in [1.807, 2.05) is 20.8 Å². The third kappa shape index (κ3) is 3.36. The van der Waals surface area contributed by atoms with E-state index in [4.69, 9.17) is 10.5 Å². The molecular weight excluding hydrogens is 256 g/mol. The SMILES string of the molecule is COC(=O)C1(C)CCN(C(=O)[C@@H](N)C(C)C)C1.Cl. The van der Waals surface area contributed by atoms with Gasteiger partial charge in [-0.2, -0.15) is 0 Å². The lowest BCUT2D eigenvalue weighted by Gasteiger charge is -2.25. The summed E-state index contributed by atoms with van der Waals surface area (Å²) in [4.78, 5) is 25.3. The minimum Gasteiger partial charge on any atom is -0.469 e. The van der Waals surface area contributed by atoms with Gasteiger partial charge in [-0.3, -0.25) is 9.59 Å². The molecule has 0 aromatic rings. The van der Waals surface area contributed by atoms with Gasteiger partial charge < -0.3 is 15.4 Å². The molecule has 0 aliphatic carbocycles. The molecule has 1 saturated heterocycles. The quantitative estimate of drug-likeness (QED) is 0.775. The van der Waals surface area contributed by atoms with Crippen molar-refractivity contribution < 1.29 is 14.3 Å². The highest BCUT2D eigenvalue weighted by Crippen LogP contribution is 2.31. The Morgan fingerprint density at radius 2 is 1.94 bits per heavy atom. The van der Waals surface area contributed by atoms with Crippen molar-refractivity contribution in [1.29, 1.82) is 0 Å². The molecule has 2 atom stereocenters. The van der Waals surface area contributed by atoms with Gasteiger partial charge in [0.25, 0.3) is 0 Å². The smallest absolute Gasteiger partial charge is 0.313 e. The first-order valence-corrected chi connectivity index (χ1v) is 5.94. The number of esters is 1. The van der Waals surface area contributed by atoms with E-state index in [1.54, 1.807) is 4.90 Å². The van der Waals surface area contributed by atoms with Crippen LogP contribution >= 0.6 is 12.4 Å². The van der Waals surface area contributed by atoms with Crippen LogP contribution in [0.4, 0.5) is 0 Å². The van der Waals surface area contributed by atoms with Crippen molar-refractivity contribution in [3.63, 3.8) is 0 Å². The summed E-state index contributed by atoms with van der Waals surface area (Å²) >= 11 is 0. The molecule has 0 aromatic carbocycles. The summed E-state index contributed by atoms with van der Waals surface area (Å²) < 4.78 is 4.76. The van der Waals surface area contributed by atoms with E-state index in [9.17, 15) is 9.59 Å². The van der Waals surface area contributed by atoms with Crippen LogP contribution in [-0.2, 0) is 14.3 Å². The van der Waals surface area contributed by atoms with E-state index in [-0.39, 0.29) is 30.2 Å². The van der Waals surface area contributed by atoms with Crippen LogP contribution in [0.1, 0.15) is 27.2 Å². The molecule has 1 heterocycles. The van der Waals surface area contributed by atoms with Crippen molar-refractivity contribution in [3.8, 4) is 0 Å². The fourth-order valence-electron chi connectivity index (χ4n) is 2.06. The molecule has 106 valence electrons. The van der Waals surface area contributed by atoms with Crippen LogP contribution < -0.4 is 5.73 Å². The number of amides is 1. The standard InChI is InChI=1S/C12H22N2O3.ClH/c1-8(2)9(13)10(15)14-6-5-12(3,7-14)11(16)17-4;/h8-9H,5-7,13H2,1-4H3;1H/t9-,12?;/m0./s1. The molecule has 6 heteroatoms. The number of nitrogens with zero attached hydrogens (tertiary/aromatic N) is 1. The number of nitrogens with two attached hydrogens (primary N) is 1. The molecule has 0 saturated carbocycles. The number of carbonyl (C=O) groups excluding carboxylic acids is 2. The Labute approximate surface area is 114 Å². The lowest BCUT2D eigenvalue weighted by atomic mass is 9.90. The molecule has 0 aromatic heterocycles. The first kappa shape index (κ1) is 17.2. The summed E-state index contributed by atoms with van der Waals surface area (Å²) in [7, 11) is 1.37. The molecule has 1 amide bonds. The van der Waals surface area contributed by atoms with Crippen molar-refractivity contribution >= 4 is 24.3 Å². The van der Waals surface area contributed by atoms with Gasteiger partial charge in [-0.05, 0) is 19.3 Å². The summed E-state index contributed by atoms with van der Waals surface area (Å²) in [5.41, 5.74) is 5.25. The van der Waals surface area contributed by atoms with Crippen LogP contribution in [0.25, 0.3) is 0 Å². The van der Waals surface area contributed by atoms with Crippen LogP contribution in [0.15, 0.2) is 0 Å². The van der Waals surface area contributed by atoms with Crippen molar-refractivity contribution in [2.24, 2.45) is 17.1 Å². The zero-order valence-electron chi connectivity index (χ0n) is 11.4. The maximum atomic E-state index is 12.0. The third-order valence-corrected chi connectivity index (χ3v) is 3.47. The number of hydrogen-bond acceptors (Lipinski definition) is 4. The molecule has 18 heavy (non-hydrogen) atoms. The molecule has 1 aliphatic heterocycles. The Kier molecular flexibility index (Phi) is 6.10. The van der Waals surface area contributed by atoms with E-state index in [2.05, 4.69) is 0 Å². The molecule has 5 nitrogen and oxygen atoms in total. The minimum absolute atomic E-state index is 0. The maximum Gasteiger partial charge on any atom is 0.313 e. The van der Waals surface area contributed by atoms with Gasteiger partial charge in [0.1, 0.15) is 0 Å². The van der Waals surface area contributed by atoms with E-state index in [1.165, 1.54) is 7.11 Å². The molecule has 1 fully saturated rings. The Hall–Kier alpha value is -0.810. The molecule has 0 spiro atoms. The molecule has 1 rings (SSSR count). The highest BCUT2D eigenvalue weighted by atomic mass is 35.5. The van der Waals surface area contributed by atoms with Crippen molar-refractivity contribution in [1.82, 2.24) is 4.90 Å². The zero-order valence-corrected chi connectivity index (χ0v) is 12.3. The fraction of sp³-hybridized carbons (Fsp3) is 0.833. The van der Waals surface area contributed by atoms with Crippen LogP contribution in [0.3, 0.4) is 0 Å². The Morgan fingerprint density at radius 1 is 1.39 bits per heavy atom. The number of methoxy groups -OCH3 is 1. The number of likely N-dealkylation sites (tertiary alicyclic amines) is 1. The lowest BCUT2D eigenvalue weighted by Crippen LogP contribution is -2.46. The summed E-state index contributed by atoms with van der Waals surface area (Å²) in [6, 6.07) is -0.491. The number of carbonyl (C=O) groups is 2. The predicted molar refractivity (Wildman–Crippen MR) is 71.4 cm³/mol. The second-order valence-corrected chi connectivity index (χ2v) is 5.33. The Morgan fingerprint density at radius 3 is 2.39 bits per heavy atom. The highest BCUT2D eigenvalue weighted by Gasteiger charge is 2.43. The van der Waals surface area contributed by atoms with Gasteiger partial charge in [0.05, 0.1) is 18.6 Å². The van der Waals surface area contributed by atoms with Crippen molar-refractivity contribution in [2.75, 3.05) is 20.2 Å². The van der Waals surface area contributed by atoms with Crippen LogP contribution in [-0.4, -0.2) is 43.0 Å². The molecule has 0 radical (unpaired) electrons. The topological polar surface area (TPSA) is 72.6 Å². The van der Waals surface area contributed by atoms with E-state index >= 15 is 0 Å². The lowest BCUT2D eigenvalue weighted by molar-refractivity contribution is -0.151. The molecule has 0 bridgehead atoms. The van der Waals surface area contributed by atoms with Crippen LogP contribution in [0.5, 0.6) is 0 Å². The largest absolute Gasteiger partial charge is 0.469 e. The third-order valence-electron chi connectivity index (χ3n) is 3.47. The minimum atomic E-state index is -0.582. The van der Waals surface area contributed by atoms with Gasteiger partial charge in [0.15, 0.2) is 0 Å². The predicted octanol–water partition coefficient (Wildman–Crippen LogP) is 0.803. The second kappa shape index (κ2) is 6.38. The van der Waals surface area contributed by atoms with Crippen LogP contribution in [0, 0.1) is 11.3 Å². The molecular formula is C12H23ClN2O3. The fourth-order valence-corrected chi connectivity index (χ4v) is 2.06. The van der Waals surface area contributed by atoms with E-state index in [0.717, 1.165) is 0 Å². The summed E-state index contributed by atoms with van der Waals surface area (Å²) in [6.07, 6.45) is 0.635. The zero-order chi connectivity index (χ0) is 13.2. The second-order valence-electron chi connectivity index (χ2n) is 5.33. The number of hydrogen-bond donors (Lipinski definition) is 1. The van der Waals surface area contributed by atoms with Gasteiger partial charge in [0, 0.05) is 13.1 Å². The molecule has 1 unspecified atom stereocenters. The number of rotatable bonds is 3. The van der Waals surface area contributed by atoms with Gasteiger partial charge in [-0.25, -0.2) is 0 Å². The first-order valence-electron chi connectivity index (χ1n) is 5.94. The van der Waals surface area contributed by atoms with Crippen LogP contribution in [0.2, 0.25) is 0 Å². The highest BCUT2D eigenvalue weighted by molar-refractivity contribution is 5.85. The van der Waals surface area contributed by atoms with Gasteiger partial charge in [0.2, 0.25) is 5.91 Å². The van der Waals surface area contributed by atoms with Crippen molar-refractivity contribution in [3.05, 3.63) is 0 Å². The van der Waals surface area contributed by atoms with Gasteiger partial charge in [-0.1, -0.05) is 13.8 Å². The van der Waals surface area contributed by atoms with E-state index in [0.29, 0.717) is 19.5 Å². The maximum absolute atomic E-state index is 12.0. The normalized spacial score (nSPS) is 24.7. The van der Waals surface area contributed by atoms with Crippen molar-refractivity contribution in [2.45, 2.75) is 33.2 Å². The average molecular weight is 279 g/mol. The first-order chi connectivity index (χ1) is 7.81. The summed E-state index contributed by atoms with van der Waals surface area (Å²) in [5.74, 6) is -0.231. The number of halogens is 1. The Bertz CT molecular complexity index is 322. The molecule has 1 aliphatic rings. The summed E-state index contributed by atoms with van der Waals surface area (Å²) in [6.45, 7) is 6.63. The monoisotopic (exact) mass is 278 g/mol. The van der Waals surface area contributed by atoms with Gasteiger partial charge in [-0.15, -0.1) is 12.4 Å². The Balaban J connectivity index is 0.00000289. The average Bonchev–Trinajstić information content (AvgIpc) is 2.70. The summed E-state index contributed by atoms with van der Waals surface area (Å²) in [5, 5.41) is 0.